The van der Waals surface area contributed by atoms with E-state index in [0.29, 0.717) is 0 Å². The van der Waals surface area contributed by atoms with E-state index in [1.807, 2.05) is 6.92 Å². The first-order valence-electron chi connectivity index (χ1n) is 5.06. The van der Waals surface area contributed by atoms with Crippen LogP contribution in [-0.2, 0) is 9.53 Å². The lowest BCUT2D eigenvalue weighted by atomic mass is 10.1. The van der Waals surface area contributed by atoms with Gasteiger partial charge >= 0.3 is 0 Å². The summed E-state index contributed by atoms with van der Waals surface area (Å²) in [5.74, 6) is -0.347. The predicted molar refractivity (Wildman–Crippen MR) is 52.9 cm³/mol. The first-order valence-corrected chi connectivity index (χ1v) is 5.06. The molecule has 1 heterocycles. The highest BCUT2D eigenvalue weighted by Gasteiger charge is 2.29. The monoisotopic (exact) mass is 201 g/mol. The van der Waals surface area contributed by atoms with E-state index in [9.17, 15) is 9.90 Å². The molecule has 0 saturated carbocycles. The van der Waals surface area contributed by atoms with E-state index < -0.39 is 5.60 Å². The van der Waals surface area contributed by atoms with Crippen molar-refractivity contribution in [1.82, 2.24) is 5.32 Å². The summed E-state index contributed by atoms with van der Waals surface area (Å²) < 4.78 is 5.43. The fraction of sp³-hybridized carbons (Fsp3) is 0.900. The molecule has 0 aromatic heterocycles. The molecule has 4 nitrogen and oxygen atoms in total. The minimum absolute atomic E-state index is 0.0311. The van der Waals surface area contributed by atoms with Gasteiger partial charge in [-0.25, -0.2) is 0 Å². The van der Waals surface area contributed by atoms with Gasteiger partial charge in [0.25, 0.3) is 5.91 Å². The summed E-state index contributed by atoms with van der Waals surface area (Å²) in [6.45, 7) is 5.63. The molecule has 82 valence electrons. The van der Waals surface area contributed by atoms with Crippen LogP contribution in [0.25, 0.3) is 0 Å². The second-order valence-corrected chi connectivity index (χ2v) is 4.37. The van der Waals surface area contributed by atoms with Gasteiger partial charge in [-0.3, -0.25) is 4.79 Å². The van der Waals surface area contributed by atoms with Crippen molar-refractivity contribution in [2.24, 2.45) is 0 Å². The maximum absolute atomic E-state index is 11.4. The number of amides is 1. The molecule has 4 heteroatoms. The topological polar surface area (TPSA) is 58.6 Å². The Bertz CT molecular complexity index is 204. The molecular formula is C10H19NO3. The number of nitrogens with one attached hydrogen (secondary N) is 1. The molecule has 0 aromatic carbocycles. The number of ether oxygens (including phenoxy) is 1. The van der Waals surface area contributed by atoms with Crippen LogP contribution < -0.4 is 5.32 Å². The van der Waals surface area contributed by atoms with Crippen molar-refractivity contribution < 1.29 is 14.6 Å². The summed E-state index contributed by atoms with van der Waals surface area (Å²) >= 11 is 0. The number of carbonyl (C=O) groups is 1. The van der Waals surface area contributed by atoms with Gasteiger partial charge in [-0.1, -0.05) is 0 Å². The number of hydrogen-bond acceptors (Lipinski definition) is 3. The van der Waals surface area contributed by atoms with E-state index in [1.54, 1.807) is 0 Å². The zero-order chi connectivity index (χ0) is 10.8. The van der Waals surface area contributed by atoms with E-state index in [1.165, 1.54) is 13.8 Å². The summed E-state index contributed by atoms with van der Waals surface area (Å²) in [5, 5.41) is 12.2. The molecule has 1 aliphatic heterocycles. The van der Waals surface area contributed by atoms with Gasteiger partial charge in [0.15, 0.2) is 0 Å². The summed E-state index contributed by atoms with van der Waals surface area (Å²) in [7, 11) is 0. The Morgan fingerprint density at radius 1 is 1.64 bits per heavy atom. The summed E-state index contributed by atoms with van der Waals surface area (Å²) in [6, 6.07) is -0.0311. The SMILES string of the molecule is CC(NC(=O)C(C)(C)O)C1CCCO1. The Morgan fingerprint density at radius 3 is 2.71 bits per heavy atom. The molecule has 0 aliphatic carbocycles. The number of aliphatic hydroxyl groups is 1. The molecule has 2 unspecified atom stereocenters. The molecule has 0 spiro atoms. The Morgan fingerprint density at radius 2 is 2.29 bits per heavy atom. The third kappa shape index (κ3) is 2.96. The van der Waals surface area contributed by atoms with Crippen molar-refractivity contribution in [2.45, 2.75) is 51.4 Å². The molecule has 2 atom stereocenters. The predicted octanol–water partition coefficient (Wildman–Crippen LogP) is 0.441. The van der Waals surface area contributed by atoms with Gasteiger partial charge in [0, 0.05) is 6.61 Å². The Hall–Kier alpha value is -0.610. The van der Waals surface area contributed by atoms with E-state index >= 15 is 0 Å². The molecule has 14 heavy (non-hydrogen) atoms. The Kier molecular flexibility index (Phi) is 3.50. The highest BCUT2D eigenvalue weighted by atomic mass is 16.5. The van der Waals surface area contributed by atoms with Gasteiger partial charge in [-0.05, 0) is 33.6 Å². The molecular weight excluding hydrogens is 182 g/mol. The number of carbonyl (C=O) groups excluding carboxylic acids is 1. The van der Waals surface area contributed by atoms with E-state index in [2.05, 4.69) is 5.32 Å². The number of hydrogen-bond donors (Lipinski definition) is 2. The minimum Gasteiger partial charge on any atom is -0.381 e. The largest absolute Gasteiger partial charge is 0.381 e. The van der Waals surface area contributed by atoms with Gasteiger partial charge in [0.1, 0.15) is 5.60 Å². The fourth-order valence-corrected chi connectivity index (χ4v) is 1.47. The van der Waals surface area contributed by atoms with Crippen molar-refractivity contribution in [2.75, 3.05) is 6.61 Å². The van der Waals surface area contributed by atoms with Crippen molar-refractivity contribution >= 4 is 5.91 Å². The number of rotatable bonds is 3. The van der Waals surface area contributed by atoms with Crippen molar-refractivity contribution in [3.05, 3.63) is 0 Å². The van der Waals surface area contributed by atoms with Gasteiger partial charge < -0.3 is 15.2 Å². The molecule has 0 aromatic rings. The smallest absolute Gasteiger partial charge is 0.251 e. The fourth-order valence-electron chi connectivity index (χ4n) is 1.47. The molecule has 1 saturated heterocycles. The van der Waals surface area contributed by atoms with E-state index in [-0.39, 0.29) is 18.1 Å². The molecule has 2 N–H and O–H groups in total. The third-order valence-corrected chi connectivity index (χ3v) is 2.44. The van der Waals surface area contributed by atoms with Crippen LogP contribution in [0.15, 0.2) is 0 Å². The van der Waals surface area contributed by atoms with Crippen LogP contribution in [0.4, 0.5) is 0 Å². The lowest BCUT2D eigenvalue weighted by Crippen LogP contribution is -2.49. The van der Waals surface area contributed by atoms with Gasteiger partial charge in [-0.15, -0.1) is 0 Å². The second kappa shape index (κ2) is 4.28. The molecule has 0 bridgehead atoms. The maximum Gasteiger partial charge on any atom is 0.251 e. The first kappa shape index (κ1) is 11.5. The van der Waals surface area contributed by atoms with Crippen LogP contribution in [0.3, 0.4) is 0 Å². The van der Waals surface area contributed by atoms with Crippen molar-refractivity contribution in [3.8, 4) is 0 Å². The van der Waals surface area contributed by atoms with Crippen LogP contribution in [0.1, 0.15) is 33.6 Å². The van der Waals surface area contributed by atoms with Crippen LogP contribution in [-0.4, -0.2) is 35.4 Å². The van der Waals surface area contributed by atoms with Gasteiger partial charge in [0.2, 0.25) is 0 Å². The first-order chi connectivity index (χ1) is 6.41. The second-order valence-electron chi connectivity index (χ2n) is 4.37. The average Bonchev–Trinajstić information content (AvgIpc) is 2.53. The summed E-state index contributed by atoms with van der Waals surface area (Å²) in [6.07, 6.45) is 2.13. The molecule has 1 rings (SSSR count). The highest BCUT2D eigenvalue weighted by Crippen LogP contribution is 2.15. The highest BCUT2D eigenvalue weighted by molar-refractivity contribution is 5.84. The van der Waals surface area contributed by atoms with E-state index in [0.717, 1.165) is 19.4 Å². The minimum atomic E-state index is -1.31. The lowest BCUT2D eigenvalue weighted by molar-refractivity contribution is -0.137. The summed E-state index contributed by atoms with van der Waals surface area (Å²) in [4.78, 5) is 11.4. The molecule has 0 radical (unpaired) electrons. The van der Waals surface area contributed by atoms with Gasteiger partial charge in [0.05, 0.1) is 12.1 Å². The lowest BCUT2D eigenvalue weighted by Gasteiger charge is -2.24. The molecule has 1 aliphatic rings. The zero-order valence-electron chi connectivity index (χ0n) is 9.04. The van der Waals surface area contributed by atoms with Gasteiger partial charge in [-0.2, -0.15) is 0 Å². The quantitative estimate of drug-likeness (QED) is 0.696. The molecule has 1 amide bonds. The standard InChI is InChI=1S/C10H19NO3/c1-7(8-5-4-6-14-8)11-9(12)10(2,3)13/h7-8,13H,4-6H2,1-3H3,(H,11,12). The van der Waals surface area contributed by atoms with E-state index in [4.69, 9.17) is 4.74 Å². The van der Waals surface area contributed by atoms with Crippen molar-refractivity contribution in [1.29, 1.82) is 0 Å². The van der Waals surface area contributed by atoms with Crippen molar-refractivity contribution in [3.63, 3.8) is 0 Å². The third-order valence-electron chi connectivity index (χ3n) is 2.44. The maximum atomic E-state index is 11.4. The zero-order valence-corrected chi connectivity index (χ0v) is 9.04. The van der Waals surface area contributed by atoms with Crippen LogP contribution in [0, 0.1) is 0 Å². The average molecular weight is 201 g/mol. The Labute approximate surface area is 84.6 Å². The van der Waals surface area contributed by atoms with Crippen LogP contribution >= 0.6 is 0 Å². The molecule has 1 fully saturated rings. The van der Waals surface area contributed by atoms with Crippen LogP contribution in [0.5, 0.6) is 0 Å². The normalized spacial score (nSPS) is 24.7. The Balaban J connectivity index is 2.39. The summed E-state index contributed by atoms with van der Waals surface area (Å²) in [5.41, 5.74) is -1.31. The van der Waals surface area contributed by atoms with Crippen LogP contribution in [0.2, 0.25) is 0 Å².